The lowest BCUT2D eigenvalue weighted by Crippen LogP contribution is -2.23. The van der Waals surface area contributed by atoms with E-state index in [2.05, 4.69) is 20.6 Å². The molecular formula is C10H17N5O2. The average molecular weight is 239 g/mol. The molecule has 0 aliphatic heterocycles. The number of aromatic nitrogens is 2. The summed E-state index contributed by atoms with van der Waals surface area (Å²) in [5.41, 5.74) is -0.123. The Kier molecular flexibility index (Phi) is 4.19. The normalized spacial score (nSPS) is 12.3. The Bertz CT molecular complexity index is 408. The van der Waals surface area contributed by atoms with E-state index in [1.807, 2.05) is 20.8 Å². The standard InChI is InChI=1S/C10H17N5O2/c1-6(2)7(3)14-10-8(15(16)17)9(11-4)12-5-13-10/h5-7H,1-4H3,(H2,11,12,13,14). The molecule has 0 bridgehead atoms. The maximum Gasteiger partial charge on any atom is 0.353 e. The molecule has 94 valence electrons. The van der Waals surface area contributed by atoms with Gasteiger partial charge < -0.3 is 10.6 Å². The minimum absolute atomic E-state index is 0.0910. The van der Waals surface area contributed by atoms with Crippen molar-refractivity contribution in [1.29, 1.82) is 0 Å². The maximum absolute atomic E-state index is 11.0. The van der Waals surface area contributed by atoms with Gasteiger partial charge in [0.1, 0.15) is 6.33 Å². The molecule has 1 rings (SSSR count). The summed E-state index contributed by atoms with van der Waals surface area (Å²) in [5, 5.41) is 16.7. The molecule has 7 nitrogen and oxygen atoms in total. The molecule has 0 amide bonds. The lowest BCUT2D eigenvalue weighted by atomic mass is 10.1. The van der Waals surface area contributed by atoms with Crippen LogP contribution in [0.2, 0.25) is 0 Å². The van der Waals surface area contributed by atoms with Gasteiger partial charge in [-0.2, -0.15) is 0 Å². The molecule has 1 unspecified atom stereocenters. The minimum Gasteiger partial charge on any atom is -0.367 e. The fourth-order valence-corrected chi connectivity index (χ4v) is 1.22. The summed E-state index contributed by atoms with van der Waals surface area (Å²) >= 11 is 0. The van der Waals surface area contributed by atoms with Crippen molar-refractivity contribution in [2.24, 2.45) is 5.92 Å². The molecule has 1 aromatic rings. The minimum atomic E-state index is -0.485. The first-order valence-electron chi connectivity index (χ1n) is 5.41. The summed E-state index contributed by atoms with van der Waals surface area (Å²) in [6, 6.07) is 0.0910. The molecule has 2 N–H and O–H groups in total. The molecule has 0 radical (unpaired) electrons. The van der Waals surface area contributed by atoms with Crippen LogP contribution in [0.1, 0.15) is 20.8 Å². The monoisotopic (exact) mass is 239 g/mol. The number of hydrogen-bond acceptors (Lipinski definition) is 6. The zero-order valence-corrected chi connectivity index (χ0v) is 10.4. The summed E-state index contributed by atoms with van der Waals surface area (Å²) in [5.74, 6) is 0.807. The van der Waals surface area contributed by atoms with E-state index in [0.29, 0.717) is 5.92 Å². The van der Waals surface area contributed by atoms with Gasteiger partial charge in [0.05, 0.1) is 4.92 Å². The van der Waals surface area contributed by atoms with Crippen molar-refractivity contribution in [3.05, 3.63) is 16.4 Å². The van der Waals surface area contributed by atoms with E-state index in [9.17, 15) is 10.1 Å². The van der Waals surface area contributed by atoms with Gasteiger partial charge in [0.2, 0.25) is 11.6 Å². The molecular weight excluding hydrogens is 222 g/mol. The van der Waals surface area contributed by atoms with Gasteiger partial charge in [-0.1, -0.05) is 13.8 Å². The summed E-state index contributed by atoms with van der Waals surface area (Å²) in [6.45, 7) is 6.02. The highest BCUT2D eigenvalue weighted by atomic mass is 16.6. The van der Waals surface area contributed by atoms with E-state index < -0.39 is 4.92 Å². The SMILES string of the molecule is CNc1ncnc(NC(C)C(C)C)c1[N+](=O)[O-]. The molecule has 0 fully saturated rings. The van der Waals surface area contributed by atoms with Crippen molar-refractivity contribution in [2.45, 2.75) is 26.8 Å². The molecule has 17 heavy (non-hydrogen) atoms. The van der Waals surface area contributed by atoms with Gasteiger partial charge >= 0.3 is 5.69 Å². The Hall–Kier alpha value is -1.92. The second-order valence-electron chi connectivity index (χ2n) is 4.10. The van der Waals surface area contributed by atoms with Crippen LogP contribution >= 0.6 is 0 Å². The second kappa shape index (κ2) is 5.42. The summed E-state index contributed by atoms with van der Waals surface area (Å²) < 4.78 is 0. The van der Waals surface area contributed by atoms with Crippen LogP contribution in [0.5, 0.6) is 0 Å². The van der Waals surface area contributed by atoms with Gasteiger partial charge in [0.15, 0.2) is 0 Å². The van der Waals surface area contributed by atoms with Gasteiger partial charge in [-0.15, -0.1) is 0 Å². The van der Waals surface area contributed by atoms with Crippen molar-refractivity contribution in [2.75, 3.05) is 17.7 Å². The van der Waals surface area contributed by atoms with Crippen LogP contribution < -0.4 is 10.6 Å². The topological polar surface area (TPSA) is 93.0 Å². The van der Waals surface area contributed by atoms with Gasteiger partial charge in [-0.05, 0) is 12.8 Å². The van der Waals surface area contributed by atoms with Gasteiger partial charge in [-0.25, -0.2) is 9.97 Å². The molecule has 7 heteroatoms. The number of nitrogens with zero attached hydrogens (tertiary/aromatic N) is 3. The molecule has 0 aliphatic rings. The Labute approximate surface area is 99.8 Å². The third-order valence-electron chi connectivity index (χ3n) is 2.61. The number of nitro groups is 1. The van der Waals surface area contributed by atoms with E-state index in [-0.39, 0.29) is 23.4 Å². The highest BCUT2D eigenvalue weighted by Gasteiger charge is 2.23. The number of anilines is 2. The first kappa shape index (κ1) is 13.1. The van der Waals surface area contributed by atoms with E-state index in [1.54, 1.807) is 7.05 Å². The predicted molar refractivity (Wildman–Crippen MR) is 66.2 cm³/mol. The molecule has 0 aliphatic carbocycles. The smallest absolute Gasteiger partial charge is 0.353 e. The number of rotatable bonds is 5. The van der Waals surface area contributed by atoms with Crippen molar-refractivity contribution in [3.8, 4) is 0 Å². The third kappa shape index (κ3) is 3.02. The molecule has 1 heterocycles. The second-order valence-corrected chi connectivity index (χ2v) is 4.10. The van der Waals surface area contributed by atoms with E-state index in [1.165, 1.54) is 6.33 Å². The fraction of sp³-hybridized carbons (Fsp3) is 0.600. The predicted octanol–water partition coefficient (Wildman–Crippen LogP) is 1.88. The van der Waals surface area contributed by atoms with Crippen molar-refractivity contribution >= 4 is 17.3 Å². The van der Waals surface area contributed by atoms with Crippen LogP contribution in [-0.4, -0.2) is 28.0 Å². The van der Waals surface area contributed by atoms with Crippen molar-refractivity contribution in [3.63, 3.8) is 0 Å². The van der Waals surface area contributed by atoms with E-state index in [0.717, 1.165) is 0 Å². The Morgan fingerprint density at radius 2 is 1.88 bits per heavy atom. The van der Waals surface area contributed by atoms with Gasteiger partial charge in [0.25, 0.3) is 0 Å². The number of nitrogens with one attached hydrogen (secondary N) is 2. The average Bonchev–Trinajstić information content (AvgIpc) is 2.27. The van der Waals surface area contributed by atoms with Gasteiger partial charge in [-0.3, -0.25) is 10.1 Å². The quantitative estimate of drug-likeness (QED) is 0.602. The Morgan fingerprint density at radius 3 is 2.35 bits per heavy atom. The summed E-state index contributed by atoms with van der Waals surface area (Å²) in [7, 11) is 1.59. The van der Waals surface area contributed by atoms with Crippen LogP contribution in [-0.2, 0) is 0 Å². The highest BCUT2D eigenvalue weighted by Crippen LogP contribution is 2.29. The van der Waals surface area contributed by atoms with Gasteiger partial charge in [0, 0.05) is 13.1 Å². The van der Waals surface area contributed by atoms with E-state index in [4.69, 9.17) is 0 Å². The molecule has 0 saturated heterocycles. The van der Waals surface area contributed by atoms with Crippen molar-refractivity contribution in [1.82, 2.24) is 9.97 Å². The zero-order chi connectivity index (χ0) is 13.0. The van der Waals surface area contributed by atoms with E-state index >= 15 is 0 Å². The summed E-state index contributed by atoms with van der Waals surface area (Å²) in [4.78, 5) is 18.3. The molecule has 0 aromatic carbocycles. The maximum atomic E-state index is 11.0. The first-order chi connectivity index (χ1) is 7.97. The van der Waals surface area contributed by atoms with Crippen LogP contribution in [0, 0.1) is 16.0 Å². The fourth-order valence-electron chi connectivity index (χ4n) is 1.22. The van der Waals surface area contributed by atoms with Crippen LogP contribution in [0.3, 0.4) is 0 Å². The Balaban J connectivity index is 3.10. The third-order valence-corrected chi connectivity index (χ3v) is 2.61. The van der Waals surface area contributed by atoms with Crippen LogP contribution in [0.15, 0.2) is 6.33 Å². The molecule has 1 aromatic heterocycles. The molecule has 0 saturated carbocycles. The number of hydrogen-bond donors (Lipinski definition) is 2. The molecule has 0 spiro atoms. The summed E-state index contributed by atoms with van der Waals surface area (Å²) in [6.07, 6.45) is 1.30. The lowest BCUT2D eigenvalue weighted by Gasteiger charge is -2.18. The zero-order valence-electron chi connectivity index (χ0n) is 10.4. The largest absolute Gasteiger partial charge is 0.367 e. The first-order valence-corrected chi connectivity index (χ1v) is 5.41. The lowest BCUT2D eigenvalue weighted by molar-refractivity contribution is -0.383. The van der Waals surface area contributed by atoms with Crippen LogP contribution in [0.25, 0.3) is 0 Å². The van der Waals surface area contributed by atoms with Crippen LogP contribution in [0.4, 0.5) is 17.3 Å². The Morgan fingerprint density at radius 1 is 1.29 bits per heavy atom. The molecule has 1 atom stereocenters. The van der Waals surface area contributed by atoms with Crippen molar-refractivity contribution < 1.29 is 4.92 Å². The highest BCUT2D eigenvalue weighted by molar-refractivity contribution is 5.69.